The van der Waals surface area contributed by atoms with E-state index in [9.17, 15) is 5.11 Å². The summed E-state index contributed by atoms with van der Waals surface area (Å²) >= 11 is 6.82. The second-order valence-corrected chi connectivity index (χ2v) is 11.5. The van der Waals surface area contributed by atoms with E-state index in [0.717, 1.165) is 71.6 Å². The summed E-state index contributed by atoms with van der Waals surface area (Å²) in [5.74, 6) is 1.88. The molecule has 1 aromatic carbocycles. The molecule has 4 rings (SSSR count). The number of rotatable bonds is 7. The van der Waals surface area contributed by atoms with E-state index in [4.69, 9.17) is 21.6 Å². The van der Waals surface area contributed by atoms with Crippen molar-refractivity contribution in [2.75, 3.05) is 20.6 Å². The molecule has 0 radical (unpaired) electrons. The number of allylic oxidation sites excluding steroid dienone is 1. The van der Waals surface area contributed by atoms with Crippen molar-refractivity contribution in [3.63, 3.8) is 0 Å². The van der Waals surface area contributed by atoms with Crippen molar-refractivity contribution >= 4 is 28.8 Å². The van der Waals surface area contributed by atoms with Crippen LogP contribution >= 0.6 is 11.6 Å². The molecule has 40 heavy (non-hydrogen) atoms. The first-order valence-corrected chi connectivity index (χ1v) is 15.0. The average molecular weight is 562 g/mol. The highest BCUT2D eigenvalue weighted by Crippen LogP contribution is 2.36. The summed E-state index contributed by atoms with van der Waals surface area (Å²) in [6.45, 7) is 9.04. The Morgan fingerprint density at radius 1 is 1.18 bits per heavy atom. The maximum atomic E-state index is 11.6. The predicted molar refractivity (Wildman–Crippen MR) is 169 cm³/mol. The van der Waals surface area contributed by atoms with Crippen LogP contribution in [0.15, 0.2) is 70.4 Å². The fraction of sp³-hybridized carbons (Fsp3) is 0.485. The molecule has 2 aliphatic rings. The number of halogens is 1. The van der Waals surface area contributed by atoms with Gasteiger partial charge in [0.15, 0.2) is 6.23 Å². The largest absolute Gasteiger partial charge is 0.369 e. The standard InChI is InChI=1S/C33H44ClN5O/c1-7-22(4)31(36-26-13-15-27(16-14-26)38(5)6)37-32-23(8-2)19-29(33(40)39(32)9-3)28-17-12-24(20-30(28)34)25-11-10-18-35-21-25/h8,10-12,17-22,26-27,33,40H,7,9,13-16H2,1-6H3/b23-8-,36-31?,37-32?. The maximum Gasteiger partial charge on any atom is 0.155 e. The quantitative estimate of drug-likeness (QED) is 0.289. The lowest BCUT2D eigenvalue weighted by molar-refractivity contribution is 0.108. The number of aliphatic hydroxyl groups excluding tert-OH is 1. The Morgan fingerprint density at radius 2 is 1.93 bits per heavy atom. The van der Waals surface area contributed by atoms with Gasteiger partial charge in [0, 0.05) is 58.2 Å². The van der Waals surface area contributed by atoms with E-state index < -0.39 is 6.23 Å². The van der Waals surface area contributed by atoms with E-state index in [1.807, 2.05) is 61.4 Å². The average Bonchev–Trinajstić information content (AvgIpc) is 2.97. The molecule has 0 amide bonds. The van der Waals surface area contributed by atoms with Crippen molar-refractivity contribution in [1.29, 1.82) is 0 Å². The fourth-order valence-electron chi connectivity index (χ4n) is 5.55. The lowest BCUT2D eigenvalue weighted by Gasteiger charge is -2.37. The lowest BCUT2D eigenvalue weighted by Crippen LogP contribution is -2.45. The number of aromatic nitrogens is 1. The molecule has 0 spiro atoms. The first-order chi connectivity index (χ1) is 19.3. The number of amidine groups is 2. The number of nitrogens with zero attached hydrogens (tertiary/aromatic N) is 5. The molecule has 1 N–H and O–H groups in total. The number of aliphatic imine (C=N–C) groups is 2. The number of aliphatic hydroxyl groups is 1. The van der Waals surface area contributed by atoms with Gasteiger partial charge in [0.2, 0.25) is 0 Å². The van der Waals surface area contributed by atoms with E-state index in [1.54, 1.807) is 6.20 Å². The summed E-state index contributed by atoms with van der Waals surface area (Å²) in [5, 5.41) is 12.2. The highest BCUT2D eigenvalue weighted by atomic mass is 35.5. The molecule has 2 unspecified atom stereocenters. The molecule has 1 saturated carbocycles. The van der Waals surface area contributed by atoms with Crippen molar-refractivity contribution in [3.05, 3.63) is 71.0 Å². The van der Waals surface area contributed by atoms with Gasteiger partial charge in [-0.25, -0.2) is 4.99 Å². The summed E-state index contributed by atoms with van der Waals surface area (Å²) in [7, 11) is 4.34. The van der Waals surface area contributed by atoms with Crippen LogP contribution in [-0.4, -0.2) is 70.5 Å². The van der Waals surface area contributed by atoms with Crippen LogP contribution in [0.1, 0.15) is 65.4 Å². The topological polar surface area (TPSA) is 64.3 Å². The van der Waals surface area contributed by atoms with E-state index in [0.29, 0.717) is 23.7 Å². The lowest BCUT2D eigenvalue weighted by atomic mass is 9.90. The van der Waals surface area contributed by atoms with Gasteiger partial charge in [0.25, 0.3) is 0 Å². The van der Waals surface area contributed by atoms with Crippen LogP contribution in [0.4, 0.5) is 0 Å². The van der Waals surface area contributed by atoms with Crippen LogP contribution in [-0.2, 0) is 0 Å². The Morgan fingerprint density at radius 3 is 2.50 bits per heavy atom. The summed E-state index contributed by atoms with van der Waals surface area (Å²) < 4.78 is 0. The van der Waals surface area contributed by atoms with Gasteiger partial charge >= 0.3 is 0 Å². The van der Waals surface area contributed by atoms with Crippen molar-refractivity contribution < 1.29 is 5.11 Å². The summed E-state index contributed by atoms with van der Waals surface area (Å²) in [5.41, 5.74) is 4.53. The van der Waals surface area contributed by atoms with Crippen LogP contribution in [0.2, 0.25) is 5.02 Å². The van der Waals surface area contributed by atoms with Crippen molar-refractivity contribution in [1.82, 2.24) is 14.8 Å². The molecule has 214 valence electrons. The van der Waals surface area contributed by atoms with E-state index in [-0.39, 0.29) is 5.92 Å². The maximum absolute atomic E-state index is 11.6. The number of benzene rings is 1. The summed E-state index contributed by atoms with van der Waals surface area (Å²) in [4.78, 5) is 18.9. The molecule has 0 bridgehead atoms. The van der Waals surface area contributed by atoms with Gasteiger partial charge in [-0.05, 0) is 83.8 Å². The van der Waals surface area contributed by atoms with Gasteiger partial charge < -0.3 is 14.9 Å². The summed E-state index contributed by atoms with van der Waals surface area (Å²) in [6.07, 6.45) is 12.3. The van der Waals surface area contributed by atoms with Gasteiger partial charge in [-0.1, -0.05) is 49.7 Å². The zero-order valence-electron chi connectivity index (χ0n) is 24.8. The third kappa shape index (κ3) is 6.73. The first-order valence-electron chi connectivity index (χ1n) is 14.6. The Hall–Kier alpha value is -2.80. The molecule has 0 saturated heterocycles. The second kappa shape index (κ2) is 13.7. The van der Waals surface area contributed by atoms with E-state index >= 15 is 0 Å². The zero-order chi connectivity index (χ0) is 28.8. The Kier molecular flexibility index (Phi) is 10.3. The third-order valence-electron chi connectivity index (χ3n) is 8.33. The molecule has 1 aromatic heterocycles. The zero-order valence-corrected chi connectivity index (χ0v) is 25.6. The van der Waals surface area contributed by atoms with Gasteiger partial charge in [-0.2, -0.15) is 0 Å². The van der Waals surface area contributed by atoms with Crippen LogP contribution in [0.3, 0.4) is 0 Å². The Balaban J connectivity index is 1.69. The molecule has 1 aliphatic heterocycles. The number of hydrogen-bond acceptors (Lipinski definition) is 4. The minimum Gasteiger partial charge on any atom is -0.369 e. The Bertz CT molecular complexity index is 1280. The number of likely N-dealkylation sites (N-methyl/N-ethyl adjacent to an activating group) is 1. The molecule has 2 heterocycles. The molecular formula is C33H44ClN5O. The highest BCUT2D eigenvalue weighted by molar-refractivity contribution is 6.33. The first kappa shape index (κ1) is 30.2. The smallest absolute Gasteiger partial charge is 0.155 e. The molecular weight excluding hydrogens is 518 g/mol. The monoisotopic (exact) mass is 561 g/mol. The molecule has 6 nitrogen and oxygen atoms in total. The fourth-order valence-corrected chi connectivity index (χ4v) is 5.84. The van der Waals surface area contributed by atoms with Crippen LogP contribution < -0.4 is 0 Å². The molecule has 2 aromatic rings. The SMILES string of the molecule is C/C=C1/C=C(c2ccc(-c3cccnc3)cc2Cl)C(O)N(CC)C1=NC(=NC1CCC(N(C)C)CC1)C(C)CC. The predicted octanol–water partition coefficient (Wildman–Crippen LogP) is 7.10. The van der Waals surface area contributed by atoms with Crippen molar-refractivity contribution in [2.24, 2.45) is 15.9 Å². The van der Waals surface area contributed by atoms with Crippen LogP contribution in [0.25, 0.3) is 16.7 Å². The normalized spacial score (nSPS) is 25.0. The summed E-state index contributed by atoms with van der Waals surface area (Å²) in [6, 6.07) is 10.8. The van der Waals surface area contributed by atoms with E-state index in [1.165, 1.54) is 0 Å². The number of hydrogen-bond donors (Lipinski definition) is 1. The molecule has 7 heteroatoms. The second-order valence-electron chi connectivity index (χ2n) is 11.1. The van der Waals surface area contributed by atoms with E-state index in [2.05, 4.69) is 43.9 Å². The molecule has 1 fully saturated rings. The highest BCUT2D eigenvalue weighted by Gasteiger charge is 2.32. The van der Waals surface area contributed by atoms with Crippen molar-refractivity contribution in [3.8, 4) is 11.1 Å². The van der Waals surface area contributed by atoms with Crippen molar-refractivity contribution in [2.45, 2.75) is 78.1 Å². The third-order valence-corrected chi connectivity index (χ3v) is 8.64. The minimum atomic E-state index is -0.872. The Labute approximate surface area is 245 Å². The van der Waals surface area contributed by atoms with Crippen LogP contribution in [0, 0.1) is 5.92 Å². The number of pyridine rings is 1. The van der Waals surface area contributed by atoms with Crippen LogP contribution in [0.5, 0.6) is 0 Å². The van der Waals surface area contributed by atoms with Gasteiger partial charge in [-0.15, -0.1) is 0 Å². The van der Waals surface area contributed by atoms with Gasteiger partial charge in [-0.3, -0.25) is 9.98 Å². The van der Waals surface area contributed by atoms with Gasteiger partial charge in [0.05, 0.1) is 6.04 Å². The molecule has 2 atom stereocenters. The van der Waals surface area contributed by atoms with Gasteiger partial charge in [0.1, 0.15) is 11.7 Å². The minimum absolute atomic E-state index is 0.230. The molecule has 1 aliphatic carbocycles.